The number of imide groups is 1. The number of carbonyl (C=O) groups is 4. The number of nitrogens with zero attached hydrogens (tertiary/aromatic N) is 2. The van der Waals surface area contributed by atoms with Crippen molar-refractivity contribution in [1.29, 1.82) is 0 Å². The molecule has 0 radical (unpaired) electrons. The van der Waals surface area contributed by atoms with E-state index in [9.17, 15) is 19.2 Å². The van der Waals surface area contributed by atoms with Crippen molar-refractivity contribution in [2.75, 3.05) is 6.54 Å². The average Bonchev–Trinajstić information content (AvgIpc) is 2.97. The van der Waals surface area contributed by atoms with E-state index >= 15 is 0 Å². The van der Waals surface area contributed by atoms with Crippen molar-refractivity contribution in [2.24, 2.45) is 5.10 Å². The van der Waals surface area contributed by atoms with Crippen LogP contribution in [0.5, 0.6) is 0 Å². The maximum absolute atomic E-state index is 11.8. The molecule has 26 heavy (non-hydrogen) atoms. The molecule has 0 spiro atoms. The zero-order valence-electron chi connectivity index (χ0n) is 14.6. The lowest BCUT2D eigenvalue weighted by molar-refractivity contribution is -0.136. The van der Waals surface area contributed by atoms with Crippen LogP contribution in [0.15, 0.2) is 41.5 Å². The minimum Gasteiger partial charge on any atom is -0.298 e. The van der Waals surface area contributed by atoms with Gasteiger partial charge in [-0.25, -0.2) is 5.43 Å². The normalized spacial score (nSPS) is 14.0. The Kier molecular flexibility index (Phi) is 6.96. The summed E-state index contributed by atoms with van der Waals surface area (Å²) in [6.07, 6.45) is 5.67. The van der Waals surface area contributed by atoms with Gasteiger partial charge in [-0.15, -0.1) is 0 Å². The second-order valence-electron chi connectivity index (χ2n) is 5.94. The Bertz CT molecular complexity index is 733. The Morgan fingerprint density at radius 1 is 1.08 bits per heavy atom. The van der Waals surface area contributed by atoms with E-state index < -0.39 is 0 Å². The minimum atomic E-state index is -0.279. The molecule has 0 atom stereocenters. The minimum absolute atomic E-state index is 0.191. The number of benzene rings is 1. The Morgan fingerprint density at radius 3 is 2.35 bits per heavy atom. The molecule has 0 aromatic heterocycles. The summed E-state index contributed by atoms with van der Waals surface area (Å²) in [5.41, 5.74) is 4.56. The molecule has 1 aromatic rings. The molecular formula is C19H21N3O4. The van der Waals surface area contributed by atoms with Crippen molar-refractivity contribution in [3.63, 3.8) is 0 Å². The van der Waals surface area contributed by atoms with Gasteiger partial charge < -0.3 is 0 Å². The average molecular weight is 355 g/mol. The summed E-state index contributed by atoms with van der Waals surface area (Å²) in [4.78, 5) is 46.4. The first-order chi connectivity index (χ1) is 12.5. The van der Waals surface area contributed by atoms with E-state index in [2.05, 4.69) is 10.5 Å². The number of hydrogen-bond acceptors (Lipinski definition) is 5. The Labute approximate surface area is 151 Å². The smallest absolute Gasteiger partial charge is 0.253 e. The summed E-state index contributed by atoms with van der Waals surface area (Å²) in [5, 5.41) is 4.05. The number of rotatable bonds is 9. The second kappa shape index (κ2) is 9.41. The maximum Gasteiger partial charge on any atom is 0.253 e. The van der Waals surface area contributed by atoms with Crippen molar-refractivity contribution in [3.8, 4) is 0 Å². The summed E-state index contributed by atoms with van der Waals surface area (Å²) in [7, 11) is 0. The number of amides is 3. The third-order valence-electron chi connectivity index (χ3n) is 4.00. The van der Waals surface area contributed by atoms with Gasteiger partial charge in [0.25, 0.3) is 11.8 Å². The van der Waals surface area contributed by atoms with Crippen LogP contribution in [-0.2, 0) is 14.4 Å². The third-order valence-corrected chi connectivity index (χ3v) is 4.00. The van der Waals surface area contributed by atoms with Gasteiger partial charge in [-0.1, -0.05) is 30.7 Å². The first-order valence-corrected chi connectivity index (χ1v) is 8.43. The number of unbranched alkanes of at least 4 members (excludes halogenated alkanes) is 2. The summed E-state index contributed by atoms with van der Waals surface area (Å²) in [6.45, 7) is 2.15. The standard InChI is InChI=1S/C19H21N3O4/c1-14(16-8-6-15(13-23)7-9-16)20-21-17(24)5-3-2-4-12-22-18(25)10-11-19(22)26/h6-11,13H,2-5,12H2,1H3,(H,21,24)/b20-14+. The van der Waals surface area contributed by atoms with Gasteiger partial charge in [0.2, 0.25) is 5.91 Å². The Balaban J connectivity index is 1.65. The predicted octanol–water partition coefficient (Wildman–Crippen LogP) is 1.82. The maximum atomic E-state index is 11.8. The molecule has 0 saturated carbocycles. The highest BCUT2D eigenvalue weighted by Gasteiger charge is 2.22. The fraction of sp³-hybridized carbons (Fsp3) is 0.316. The van der Waals surface area contributed by atoms with Crippen LogP contribution in [0.3, 0.4) is 0 Å². The molecule has 7 heteroatoms. The molecule has 7 nitrogen and oxygen atoms in total. The lowest BCUT2D eigenvalue weighted by Gasteiger charge is -2.12. The van der Waals surface area contributed by atoms with E-state index in [1.807, 2.05) is 0 Å². The molecule has 1 aliphatic rings. The van der Waals surface area contributed by atoms with Crippen molar-refractivity contribution < 1.29 is 19.2 Å². The molecule has 136 valence electrons. The van der Waals surface area contributed by atoms with Gasteiger partial charge in [0.15, 0.2) is 0 Å². The quantitative estimate of drug-likeness (QED) is 0.240. The second-order valence-corrected chi connectivity index (χ2v) is 5.94. The molecular weight excluding hydrogens is 334 g/mol. The largest absolute Gasteiger partial charge is 0.298 e. The highest BCUT2D eigenvalue weighted by atomic mass is 16.2. The van der Waals surface area contributed by atoms with Crippen LogP contribution in [0.25, 0.3) is 0 Å². The van der Waals surface area contributed by atoms with Crippen LogP contribution in [0, 0.1) is 0 Å². The molecule has 1 N–H and O–H groups in total. The highest BCUT2D eigenvalue weighted by molar-refractivity contribution is 6.12. The highest BCUT2D eigenvalue weighted by Crippen LogP contribution is 2.08. The topological polar surface area (TPSA) is 95.9 Å². The zero-order valence-corrected chi connectivity index (χ0v) is 14.6. The summed E-state index contributed by atoms with van der Waals surface area (Å²) >= 11 is 0. The first kappa shape index (κ1) is 19.2. The number of hydrogen-bond donors (Lipinski definition) is 1. The van der Waals surface area contributed by atoms with Gasteiger partial charge in [0.1, 0.15) is 6.29 Å². The molecule has 1 aliphatic heterocycles. The zero-order chi connectivity index (χ0) is 18.9. The van der Waals surface area contributed by atoms with Crippen molar-refractivity contribution >= 4 is 29.7 Å². The van der Waals surface area contributed by atoms with Crippen LogP contribution >= 0.6 is 0 Å². The van der Waals surface area contributed by atoms with E-state index in [4.69, 9.17) is 0 Å². The van der Waals surface area contributed by atoms with Gasteiger partial charge in [-0.3, -0.25) is 24.1 Å². The molecule has 3 amide bonds. The van der Waals surface area contributed by atoms with Gasteiger partial charge in [0.05, 0.1) is 5.71 Å². The molecule has 0 bridgehead atoms. The predicted molar refractivity (Wildman–Crippen MR) is 96.5 cm³/mol. The summed E-state index contributed by atoms with van der Waals surface area (Å²) in [5.74, 6) is -0.749. The van der Waals surface area contributed by atoms with Crippen LogP contribution < -0.4 is 5.43 Å². The van der Waals surface area contributed by atoms with Gasteiger partial charge in [0, 0.05) is 30.7 Å². The van der Waals surface area contributed by atoms with Gasteiger partial charge in [-0.05, 0) is 25.3 Å². The fourth-order valence-corrected chi connectivity index (χ4v) is 2.45. The first-order valence-electron chi connectivity index (χ1n) is 8.43. The number of carbonyl (C=O) groups excluding carboxylic acids is 4. The van der Waals surface area contributed by atoms with Gasteiger partial charge in [-0.2, -0.15) is 5.10 Å². The molecule has 0 unspecified atom stereocenters. The van der Waals surface area contributed by atoms with Crippen LogP contribution in [0.2, 0.25) is 0 Å². The summed E-state index contributed by atoms with van der Waals surface area (Å²) in [6, 6.07) is 6.91. The Hall–Kier alpha value is -3.09. The van der Waals surface area contributed by atoms with Crippen molar-refractivity contribution in [1.82, 2.24) is 10.3 Å². The summed E-state index contributed by atoms with van der Waals surface area (Å²) < 4.78 is 0. The molecule has 2 rings (SSSR count). The third kappa shape index (κ3) is 5.47. The fourth-order valence-electron chi connectivity index (χ4n) is 2.45. The number of aldehydes is 1. The monoisotopic (exact) mass is 355 g/mol. The lowest BCUT2D eigenvalue weighted by Crippen LogP contribution is -2.30. The molecule has 0 fully saturated rings. The number of nitrogens with one attached hydrogen (secondary N) is 1. The molecule has 1 aromatic carbocycles. The van der Waals surface area contributed by atoms with E-state index in [1.54, 1.807) is 31.2 Å². The number of hydrazone groups is 1. The van der Waals surface area contributed by atoms with Crippen LogP contribution in [-0.4, -0.2) is 41.2 Å². The SMILES string of the molecule is C/C(=N\NC(=O)CCCCCN1C(=O)C=CC1=O)c1ccc(C=O)cc1. The van der Waals surface area contributed by atoms with Crippen molar-refractivity contribution in [2.45, 2.75) is 32.6 Å². The lowest BCUT2D eigenvalue weighted by atomic mass is 10.1. The van der Waals surface area contributed by atoms with E-state index in [0.29, 0.717) is 37.1 Å². The van der Waals surface area contributed by atoms with E-state index in [0.717, 1.165) is 18.3 Å². The molecule has 1 heterocycles. The Morgan fingerprint density at radius 2 is 1.73 bits per heavy atom. The van der Waals surface area contributed by atoms with E-state index in [1.165, 1.54) is 17.1 Å². The molecule has 0 aliphatic carbocycles. The molecule has 0 saturated heterocycles. The van der Waals surface area contributed by atoms with Crippen molar-refractivity contribution in [3.05, 3.63) is 47.5 Å². The van der Waals surface area contributed by atoms with Crippen LogP contribution in [0.4, 0.5) is 0 Å². The van der Waals surface area contributed by atoms with Gasteiger partial charge >= 0.3 is 0 Å². The van der Waals surface area contributed by atoms with E-state index in [-0.39, 0.29) is 17.7 Å². The van der Waals surface area contributed by atoms with Crippen LogP contribution in [0.1, 0.15) is 48.5 Å².